The fraction of sp³-hybridized carbons (Fsp3) is 0.273. The Morgan fingerprint density at radius 2 is 1.66 bits per heavy atom. The molecular formula is C22H24ClN5O. The highest BCUT2D eigenvalue weighted by Crippen LogP contribution is 2.48. The van der Waals surface area contributed by atoms with Crippen LogP contribution in [0.4, 0.5) is 11.6 Å². The van der Waals surface area contributed by atoms with E-state index >= 15 is 0 Å². The van der Waals surface area contributed by atoms with Crippen LogP contribution in [-0.2, 0) is 0 Å². The van der Waals surface area contributed by atoms with Gasteiger partial charge >= 0.3 is 0 Å². The summed E-state index contributed by atoms with van der Waals surface area (Å²) in [6.07, 6.45) is 1.52. The van der Waals surface area contributed by atoms with Crippen LogP contribution in [0.5, 0.6) is 11.5 Å². The normalized spacial score (nSPS) is 21.7. The molecule has 4 N–H and O–H groups in total. The summed E-state index contributed by atoms with van der Waals surface area (Å²) in [5.41, 5.74) is 8.01. The number of hydrogen-bond donors (Lipinski definition) is 3. The van der Waals surface area contributed by atoms with E-state index in [9.17, 15) is 0 Å². The fourth-order valence-corrected chi connectivity index (χ4v) is 4.20. The SMILES string of the molecule is Cl.Nc1ncnc(NCC2C3CNCC32)c1-c1ccc(Oc2ccccc2)cc1. The molecule has 0 amide bonds. The van der Waals surface area contributed by atoms with E-state index in [4.69, 9.17) is 10.5 Å². The van der Waals surface area contributed by atoms with Crippen LogP contribution in [-0.4, -0.2) is 29.6 Å². The molecule has 2 aromatic carbocycles. The Balaban J connectivity index is 0.00000205. The molecule has 5 rings (SSSR count). The maximum Gasteiger partial charge on any atom is 0.139 e. The van der Waals surface area contributed by atoms with Gasteiger partial charge in [-0.1, -0.05) is 30.3 Å². The smallest absolute Gasteiger partial charge is 0.139 e. The van der Waals surface area contributed by atoms with Crippen LogP contribution in [0.25, 0.3) is 11.1 Å². The van der Waals surface area contributed by atoms with E-state index in [1.165, 1.54) is 6.33 Å². The van der Waals surface area contributed by atoms with Gasteiger partial charge in [0.15, 0.2) is 0 Å². The molecule has 2 heterocycles. The average molecular weight is 410 g/mol. The van der Waals surface area contributed by atoms with Crippen molar-refractivity contribution in [1.29, 1.82) is 0 Å². The van der Waals surface area contributed by atoms with Gasteiger partial charge in [-0.2, -0.15) is 0 Å². The molecule has 6 nitrogen and oxygen atoms in total. The molecule has 2 aliphatic rings. The maximum absolute atomic E-state index is 6.20. The number of aromatic nitrogens is 2. The van der Waals surface area contributed by atoms with Crippen molar-refractivity contribution in [2.45, 2.75) is 0 Å². The Bertz CT molecular complexity index is 957. The zero-order chi connectivity index (χ0) is 18.9. The number of nitrogens with zero attached hydrogens (tertiary/aromatic N) is 2. The van der Waals surface area contributed by atoms with E-state index in [0.717, 1.165) is 65.8 Å². The Hall–Kier alpha value is -2.83. The van der Waals surface area contributed by atoms with Gasteiger partial charge in [0.25, 0.3) is 0 Å². The number of para-hydroxylation sites is 1. The Morgan fingerprint density at radius 3 is 2.38 bits per heavy atom. The van der Waals surface area contributed by atoms with Crippen molar-refractivity contribution in [1.82, 2.24) is 15.3 Å². The van der Waals surface area contributed by atoms with Crippen LogP contribution in [0.15, 0.2) is 60.9 Å². The van der Waals surface area contributed by atoms with Crippen molar-refractivity contribution in [2.24, 2.45) is 17.8 Å². The van der Waals surface area contributed by atoms with Gasteiger partial charge in [-0.3, -0.25) is 0 Å². The van der Waals surface area contributed by atoms with Gasteiger partial charge in [0.1, 0.15) is 29.5 Å². The highest BCUT2D eigenvalue weighted by Gasteiger charge is 2.52. The molecule has 2 fully saturated rings. The Labute approximate surface area is 176 Å². The largest absolute Gasteiger partial charge is 0.457 e. The molecule has 29 heavy (non-hydrogen) atoms. The highest BCUT2D eigenvalue weighted by molar-refractivity contribution is 5.85. The van der Waals surface area contributed by atoms with Crippen molar-refractivity contribution in [3.63, 3.8) is 0 Å². The highest BCUT2D eigenvalue weighted by atomic mass is 35.5. The van der Waals surface area contributed by atoms with Crippen LogP contribution in [0.1, 0.15) is 0 Å². The summed E-state index contributed by atoms with van der Waals surface area (Å²) >= 11 is 0. The van der Waals surface area contributed by atoms with E-state index in [0.29, 0.717) is 5.82 Å². The molecule has 150 valence electrons. The van der Waals surface area contributed by atoms with Gasteiger partial charge in [0.05, 0.1) is 5.56 Å². The topological polar surface area (TPSA) is 85.1 Å². The van der Waals surface area contributed by atoms with E-state index in [-0.39, 0.29) is 12.4 Å². The summed E-state index contributed by atoms with van der Waals surface area (Å²) in [6.45, 7) is 3.20. The lowest BCUT2D eigenvalue weighted by atomic mass is 10.1. The second-order valence-electron chi connectivity index (χ2n) is 7.45. The zero-order valence-corrected chi connectivity index (χ0v) is 16.7. The van der Waals surface area contributed by atoms with Crippen LogP contribution in [0.2, 0.25) is 0 Å². The number of rotatable bonds is 6. The molecule has 7 heteroatoms. The first-order chi connectivity index (χ1) is 13.8. The molecule has 1 aromatic heterocycles. The minimum absolute atomic E-state index is 0. The number of ether oxygens (including phenoxy) is 1. The maximum atomic E-state index is 6.20. The molecule has 1 saturated heterocycles. The van der Waals surface area contributed by atoms with E-state index in [1.54, 1.807) is 0 Å². The number of nitrogens with one attached hydrogen (secondary N) is 2. The van der Waals surface area contributed by atoms with E-state index in [1.807, 2.05) is 54.6 Å². The third kappa shape index (κ3) is 3.99. The van der Waals surface area contributed by atoms with Crippen LogP contribution in [0.3, 0.4) is 0 Å². The second-order valence-corrected chi connectivity index (χ2v) is 7.45. The first-order valence-corrected chi connectivity index (χ1v) is 9.68. The summed E-state index contributed by atoms with van der Waals surface area (Å²) in [5, 5.41) is 6.94. The molecule has 0 radical (unpaired) electrons. The van der Waals surface area contributed by atoms with Gasteiger partial charge in [0.2, 0.25) is 0 Å². The van der Waals surface area contributed by atoms with Gasteiger partial charge in [-0.05, 0) is 60.7 Å². The third-order valence-corrected chi connectivity index (χ3v) is 5.77. The predicted molar refractivity (Wildman–Crippen MR) is 117 cm³/mol. The third-order valence-electron chi connectivity index (χ3n) is 5.77. The van der Waals surface area contributed by atoms with Gasteiger partial charge in [-0.15, -0.1) is 12.4 Å². The lowest BCUT2D eigenvalue weighted by Crippen LogP contribution is -2.19. The first kappa shape index (κ1) is 19.5. The molecule has 2 atom stereocenters. The number of fused-ring (bicyclic) bond motifs is 1. The molecule has 2 unspecified atom stereocenters. The Morgan fingerprint density at radius 1 is 0.966 bits per heavy atom. The van der Waals surface area contributed by atoms with Crippen LogP contribution < -0.4 is 21.1 Å². The number of hydrogen-bond acceptors (Lipinski definition) is 6. The lowest BCUT2D eigenvalue weighted by molar-refractivity contribution is 0.483. The van der Waals surface area contributed by atoms with Gasteiger partial charge < -0.3 is 21.1 Å². The summed E-state index contributed by atoms with van der Waals surface area (Å²) in [7, 11) is 0. The lowest BCUT2D eigenvalue weighted by Gasteiger charge is -2.14. The van der Waals surface area contributed by atoms with Crippen LogP contribution >= 0.6 is 12.4 Å². The summed E-state index contributed by atoms with van der Waals surface area (Å²) in [6, 6.07) is 17.6. The number of piperidine rings is 1. The second kappa shape index (κ2) is 8.27. The zero-order valence-electron chi connectivity index (χ0n) is 15.9. The number of nitrogens with two attached hydrogens (primary N) is 1. The van der Waals surface area contributed by atoms with Crippen LogP contribution in [0, 0.1) is 17.8 Å². The summed E-state index contributed by atoms with van der Waals surface area (Å²) in [5.74, 6) is 5.21. The first-order valence-electron chi connectivity index (χ1n) is 9.68. The van der Waals surface area contributed by atoms with Crippen molar-refractivity contribution in [3.8, 4) is 22.6 Å². The standard InChI is InChI=1S/C22H23N5O.ClH/c23-21-20(14-6-8-16(9-7-14)28-15-4-2-1-3-5-15)22(27-13-26-21)25-12-19-17-10-24-11-18(17)19;/h1-9,13,17-19,24H,10-12H2,(H3,23,25,26,27);1H. The van der Waals surface area contributed by atoms with Gasteiger partial charge in [0, 0.05) is 6.54 Å². The molecular weight excluding hydrogens is 386 g/mol. The van der Waals surface area contributed by atoms with Crippen molar-refractivity contribution in [3.05, 3.63) is 60.9 Å². The molecule has 1 aliphatic heterocycles. The number of nitrogen functional groups attached to an aromatic ring is 1. The quantitative estimate of drug-likeness (QED) is 0.574. The van der Waals surface area contributed by atoms with E-state index < -0.39 is 0 Å². The monoisotopic (exact) mass is 409 g/mol. The number of benzene rings is 2. The fourth-order valence-electron chi connectivity index (χ4n) is 4.20. The minimum Gasteiger partial charge on any atom is -0.457 e. The molecule has 0 bridgehead atoms. The van der Waals surface area contributed by atoms with Gasteiger partial charge in [-0.25, -0.2) is 9.97 Å². The minimum atomic E-state index is 0. The molecule has 1 aliphatic carbocycles. The molecule has 3 aromatic rings. The van der Waals surface area contributed by atoms with Crippen molar-refractivity contribution < 1.29 is 4.74 Å². The molecule has 1 saturated carbocycles. The molecule has 0 spiro atoms. The summed E-state index contributed by atoms with van der Waals surface area (Å²) < 4.78 is 5.88. The predicted octanol–water partition coefficient (Wildman–Crippen LogP) is 3.82. The summed E-state index contributed by atoms with van der Waals surface area (Å²) in [4.78, 5) is 8.64. The van der Waals surface area contributed by atoms with E-state index in [2.05, 4.69) is 20.6 Å². The Kier molecular flexibility index (Phi) is 5.56. The average Bonchev–Trinajstić information content (AvgIpc) is 3.15. The number of halogens is 1. The number of anilines is 2. The van der Waals surface area contributed by atoms with Crippen molar-refractivity contribution in [2.75, 3.05) is 30.7 Å². The van der Waals surface area contributed by atoms with Crippen molar-refractivity contribution >= 4 is 24.0 Å².